The number of hydrogen-bond acceptors (Lipinski definition) is 4. The number of nitrogens with zero attached hydrogens (tertiary/aromatic N) is 2. The summed E-state index contributed by atoms with van der Waals surface area (Å²) in [6.07, 6.45) is 1.72. The summed E-state index contributed by atoms with van der Waals surface area (Å²) < 4.78 is 1.57. The Hall–Kier alpha value is -3.97. The van der Waals surface area contributed by atoms with Crippen LogP contribution in [0.5, 0.6) is 0 Å². The second-order valence-electron chi connectivity index (χ2n) is 7.75. The van der Waals surface area contributed by atoms with Crippen LogP contribution in [0, 0.1) is 13.8 Å². The zero-order chi connectivity index (χ0) is 23.7. The minimum Gasteiger partial charge on any atom is -0.311 e. The number of urea groups is 1. The van der Waals surface area contributed by atoms with Crippen LogP contribution in [0.1, 0.15) is 21.6 Å². The van der Waals surface area contributed by atoms with Gasteiger partial charge in [-0.05, 0) is 73.5 Å². The number of aryl methyl sites for hydroxylation is 3. The molecule has 0 aliphatic rings. The van der Waals surface area contributed by atoms with Gasteiger partial charge in [0.2, 0.25) is 0 Å². The number of anilines is 1. The van der Waals surface area contributed by atoms with E-state index in [1.54, 1.807) is 66.3 Å². The van der Waals surface area contributed by atoms with Crippen molar-refractivity contribution in [1.29, 1.82) is 0 Å². The fourth-order valence-corrected chi connectivity index (χ4v) is 3.71. The number of pyridine rings is 2. The molecule has 0 aliphatic heterocycles. The lowest BCUT2D eigenvalue weighted by molar-refractivity contribution is 0.0967. The molecular weight excluding hydrogens is 440 g/mol. The van der Waals surface area contributed by atoms with Crippen LogP contribution >= 0.6 is 11.6 Å². The van der Waals surface area contributed by atoms with Crippen molar-refractivity contribution in [3.8, 4) is 11.1 Å². The second kappa shape index (κ2) is 8.88. The topological polar surface area (TPSA) is 93.1 Å². The molecule has 0 fully saturated rings. The lowest BCUT2D eigenvalue weighted by Gasteiger charge is -2.13. The maximum absolute atomic E-state index is 13.1. The largest absolute Gasteiger partial charge is 0.326 e. The third-order valence-corrected chi connectivity index (χ3v) is 5.62. The molecule has 8 heteroatoms. The number of fused-ring (bicyclic) bond motifs is 1. The molecule has 0 aliphatic carbocycles. The Morgan fingerprint density at radius 1 is 0.970 bits per heavy atom. The molecule has 2 N–H and O–H groups in total. The summed E-state index contributed by atoms with van der Waals surface area (Å²) in [4.78, 5) is 42.4. The quantitative estimate of drug-likeness (QED) is 0.457. The number of rotatable bonds is 3. The predicted molar refractivity (Wildman–Crippen MR) is 130 cm³/mol. The van der Waals surface area contributed by atoms with Crippen LogP contribution < -0.4 is 16.2 Å². The van der Waals surface area contributed by atoms with Gasteiger partial charge >= 0.3 is 6.03 Å². The van der Waals surface area contributed by atoms with Crippen LogP contribution in [-0.2, 0) is 7.05 Å². The molecule has 2 aromatic carbocycles. The van der Waals surface area contributed by atoms with Gasteiger partial charge in [0.25, 0.3) is 11.5 Å². The Morgan fingerprint density at radius 2 is 1.70 bits per heavy atom. The Bertz CT molecular complexity index is 1460. The Kier molecular flexibility index (Phi) is 5.98. The molecule has 7 nitrogen and oxygen atoms in total. The van der Waals surface area contributed by atoms with E-state index in [0.717, 1.165) is 22.2 Å². The fraction of sp³-hybridized carbons (Fsp3) is 0.120. The molecule has 0 spiro atoms. The van der Waals surface area contributed by atoms with Crippen molar-refractivity contribution in [2.75, 3.05) is 5.32 Å². The molecule has 4 rings (SSSR count). The highest BCUT2D eigenvalue weighted by Crippen LogP contribution is 2.25. The zero-order valence-corrected chi connectivity index (χ0v) is 19.0. The average molecular weight is 461 g/mol. The van der Waals surface area contributed by atoms with Crippen LogP contribution in [0.25, 0.3) is 22.0 Å². The van der Waals surface area contributed by atoms with Crippen LogP contribution in [0.3, 0.4) is 0 Å². The number of carbonyl (C=O) groups excluding carboxylic acids is 2. The molecule has 2 aromatic heterocycles. The molecule has 0 atom stereocenters. The maximum atomic E-state index is 13.1. The van der Waals surface area contributed by atoms with Gasteiger partial charge in [-0.15, -0.1) is 0 Å². The van der Waals surface area contributed by atoms with E-state index in [0.29, 0.717) is 21.8 Å². The molecule has 2 heterocycles. The summed E-state index contributed by atoms with van der Waals surface area (Å²) in [5, 5.41) is 6.23. The first kappa shape index (κ1) is 22.2. The highest BCUT2D eigenvalue weighted by atomic mass is 35.5. The lowest BCUT2D eigenvalue weighted by Crippen LogP contribution is -2.34. The Balaban J connectivity index is 1.64. The number of halogens is 1. The summed E-state index contributed by atoms with van der Waals surface area (Å²) >= 11 is 5.84. The SMILES string of the molecule is Cc1cc2c(cn1)cc(-c1cc(C(=O)NC(=O)Nc3ccc(Cl)cc3)ccc1C)c(=O)n2C. The van der Waals surface area contributed by atoms with Crippen molar-refractivity contribution in [3.63, 3.8) is 0 Å². The molecule has 0 saturated carbocycles. The minimum atomic E-state index is -0.674. The lowest BCUT2D eigenvalue weighted by atomic mass is 9.97. The number of aromatic nitrogens is 2. The zero-order valence-electron chi connectivity index (χ0n) is 18.3. The average Bonchev–Trinajstić information content (AvgIpc) is 2.78. The molecule has 0 saturated heterocycles. The molecular formula is C25H21ClN4O3. The second-order valence-corrected chi connectivity index (χ2v) is 8.19. The van der Waals surface area contributed by atoms with Crippen LogP contribution in [-0.4, -0.2) is 21.5 Å². The third-order valence-electron chi connectivity index (χ3n) is 5.36. The van der Waals surface area contributed by atoms with Crippen LogP contribution in [0.4, 0.5) is 10.5 Å². The van der Waals surface area contributed by atoms with Crippen LogP contribution in [0.15, 0.2) is 65.6 Å². The van der Waals surface area contributed by atoms with E-state index in [1.165, 1.54) is 0 Å². The van der Waals surface area contributed by atoms with Crippen molar-refractivity contribution in [3.05, 3.63) is 93.0 Å². The first-order chi connectivity index (χ1) is 15.7. The van der Waals surface area contributed by atoms with Crippen molar-refractivity contribution in [2.45, 2.75) is 13.8 Å². The number of nitrogens with one attached hydrogen (secondary N) is 2. The summed E-state index contributed by atoms with van der Waals surface area (Å²) in [6, 6.07) is 14.5. The summed E-state index contributed by atoms with van der Waals surface area (Å²) in [6.45, 7) is 3.73. The Morgan fingerprint density at radius 3 is 2.42 bits per heavy atom. The van der Waals surface area contributed by atoms with E-state index < -0.39 is 11.9 Å². The van der Waals surface area contributed by atoms with E-state index in [1.807, 2.05) is 19.9 Å². The van der Waals surface area contributed by atoms with Crippen molar-refractivity contribution < 1.29 is 9.59 Å². The van der Waals surface area contributed by atoms with Gasteiger partial charge in [0.05, 0.1) is 5.52 Å². The minimum absolute atomic E-state index is 0.186. The smallest absolute Gasteiger partial charge is 0.311 e. The number of hydrogen-bond donors (Lipinski definition) is 2. The highest BCUT2D eigenvalue weighted by Gasteiger charge is 2.16. The van der Waals surface area contributed by atoms with Crippen molar-refractivity contribution in [1.82, 2.24) is 14.9 Å². The first-order valence-corrected chi connectivity index (χ1v) is 10.6. The van der Waals surface area contributed by atoms with Gasteiger partial charge in [-0.1, -0.05) is 17.7 Å². The normalized spacial score (nSPS) is 10.8. The standard InChI is InChI=1S/C25H21ClN4O3/c1-14-4-5-16(23(31)29-25(33)28-19-8-6-18(26)7-9-19)11-20(14)21-12-17-13-27-15(2)10-22(17)30(3)24(21)32/h4-13H,1-3H3,(H2,28,29,31,33). The molecule has 0 radical (unpaired) electrons. The summed E-state index contributed by atoms with van der Waals surface area (Å²) in [5.74, 6) is -0.586. The monoisotopic (exact) mass is 460 g/mol. The maximum Gasteiger partial charge on any atom is 0.326 e. The molecule has 3 amide bonds. The summed E-state index contributed by atoms with van der Waals surface area (Å²) in [7, 11) is 1.71. The number of imide groups is 1. The third kappa shape index (κ3) is 4.63. The van der Waals surface area contributed by atoms with E-state index in [-0.39, 0.29) is 11.1 Å². The Labute approximate surface area is 195 Å². The molecule has 33 heavy (non-hydrogen) atoms. The predicted octanol–water partition coefficient (Wildman–Crippen LogP) is 4.83. The highest BCUT2D eigenvalue weighted by molar-refractivity contribution is 6.30. The molecule has 166 valence electrons. The molecule has 0 bridgehead atoms. The first-order valence-electron chi connectivity index (χ1n) is 10.2. The molecule has 4 aromatic rings. The van der Waals surface area contributed by atoms with Gasteiger partial charge in [-0.2, -0.15) is 0 Å². The van der Waals surface area contributed by atoms with E-state index >= 15 is 0 Å². The van der Waals surface area contributed by atoms with Gasteiger partial charge < -0.3 is 9.88 Å². The number of carbonyl (C=O) groups is 2. The van der Waals surface area contributed by atoms with E-state index in [2.05, 4.69) is 15.6 Å². The van der Waals surface area contributed by atoms with Gasteiger partial charge in [0.15, 0.2) is 0 Å². The van der Waals surface area contributed by atoms with Gasteiger partial charge in [0.1, 0.15) is 0 Å². The fourth-order valence-electron chi connectivity index (χ4n) is 3.58. The number of amides is 3. The van der Waals surface area contributed by atoms with E-state index in [9.17, 15) is 14.4 Å². The van der Waals surface area contributed by atoms with Crippen LogP contribution in [0.2, 0.25) is 5.02 Å². The van der Waals surface area contributed by atoms with Gasteiger partial charge in [-0.3, -0.25) is 19.9 Å². The van der Waals surface area contributed by atoms with Crippen molar-refractivity contribution in [2.24, 2.45) is 7.05 Å². The number of benzene rings is 2. The van der Waals surface area contributed by atoms with Gasteiger partial charge in [0, 0.05) is 46.2 Å². The molecule has 0 unspecified atom stereocenters. The van der Waals surface area contributed by atoms with Crippen molar-refractivity contribution >= 4 is 40.1 Å². The summed E-state index contributed by atoms with van der Waals surface area (Å²) in [5.41, 5.74) is 4.06. The van der Waals surface area contributed by atoms with Gasteiger partial charge in [-0.25, -0.2) is 4.79 Å². The van der Waals surface area contributed by atoms with E-state index in [4.69, 9.17) is 11.6 Å².